The van der Waals surface area contributed by atoms with Crippen molar-refractivity contribution in [2.45, 2.75) is 30.3 Å². The largest absolute Gasteiger partial charge is 0.416 e. The summed E-state index contributed by atoms with van der Waals surface area (Å²) in [4.78, 5) is 23.8. The first-order chi connectivity index (χ1) is 18.5. The summed E-state index contributed by atoms with van der Waals surface area (Å²) < 4.78 is 67.2. The van der Waals surface area contributed by atoms with Crippen LogP contribution in [0.5, 0.6) is 0 Å². The van der Waals surface area contributed by atoms with Crippen LogP contribution in [-0.4, -0.2) is 29.3 Å². The number of carbonyl (C=O) groups is 1. The summed E-state index contributed by atoms with van der Waals surface area (Å²) in [7, 11) is -3.76. The molecule has 3 N–H and O–H groups in total. The molecule has 0 unspecified atom stereocenters. The number of hydrogen-bond donors (Lipinski definition) is 3. The molecular weight excluding hydrogens is 551 g/mol. The van der Waals surface area contributed by atoms with Crippen LogP contribution in [0.2, 0.25) is 0 Å². The lowest BCUT2D eigenvalue weighted by Gasteiger charge is -2.17. The van der Waals surface area contributed by atoms with E-state index in [1.54, 1.807) is 24.3 Å². The second-order valence-electron chi connectivity index (χ2n) is 9.24. The topological polar surface area (TPSA) is 117 Å². The third-order valence-electron chi connectivity index (χ3n) is 6.54. The third-order valence-corrected chi connectivity index (χ3v) is 9.21. The SMILES string of the molecule is O=C1C[C@H](c2ccc(C[C@H](Nc3nc4ccccc4s3)c3nc4ccc(C(F)(F)F)cc4[nH]3)cc2)S(=O)(=O)N1. The molecule has 2 atom stereocenters. The van der Waals surface area contributed by atoms with Gasteiger partial charge in [0.2, 0.25) is 15.9 Å². The van der Waals surface area contributed by atoms with Crippen molar-refractivity contribution in [1.29, 1.82) is 0 Å². The minimum absolute atomic E-state index is 0.137. The molecule has 1 amide bonds. The van der Waals surface area contributed by atoms with Crippen LogP contribution in [0.4, 0.5) is 18.3 Å². The highest BCUT2D eigenvalue weighted by atomic mass is 32.2. The van der Waals surface area contributed by atoms with Gasteiger partial charge < -0.3 is 10.3 Å². The Bertz CT molecular complexity index is 1780. The number of nitrogens with one attached hydrogen (secondary N) is 3. The normalized spacial score (nSPS) is 17.9. The number of rotatable bonds is 6. The van der Waals surface area contributed by atoms with Crippen molar-refractivity contribution >= 4 is 53.6 Å². The second-order valence-corrected chi connectivity index (χ2v) is 12.1. The molecule has 6 rings (SSSR count). The number of hydrogen-bond acceptors (Lipinski definition) is 7. The van der Waals surface area contributed by atoms with Crippen molar-refractivity contribution in [3.05, 3.63) is 89.2 Å². The van der Waals surface area contributed by atoms with E-state index in [4.69, 9.17) is 0 Å². The quantitative estimate of drug-likeness (QED) is 0.249. The number of halogens is 3. The lowest BCUT2D eigenvalue weighted by atomic mass is 10.0. The van der Waals surface area contributed by atoms with E-state index in [0.717, 1.165) is 27.9 Å². The highest BCUT2D eigenvalue weighted by molar-refractivity contribution is 7.90. The average Bonchev–Trinajstić information content (AvgIpc) is 3.56. The van der Waals surface area contributed by atoms with Gasteiger partial charge in [0, 0.05) is 0 Å². The molecular formula is C26H20F3N5O3S2. The van der Waals surface area contributed by atoms with Gasteiger partial charge in [-0.25, -0.2) is 18.4 Å². The number of aromatic amines is 1. The summed E-state index contributed by atoms with van der Waals surface area (Å²) in [6.07, 6.45) is -4.24. The summed E-state index contributed by atoms with van der Waals surface area (Å²) in [5, 5.41) is 3.04. The number of benzene rings is 3. The molecule has 1 aliphatic heterocycles. The molecule has 3 aromatic carbocycles. The van der Waals surface area contributed by atoms with Gasteiger partial charge in [0.15, 0.2) is 5.13 Å². The van der Waals surface area contributed by atoms with Crippen LogP contribution in [-0.2, 0) is 27.4 Å². The molecule has 200 valence electrons. The fourth-order valence-electron chi connectivity index (χ4n) is 4.62. The Morgan fingerprint density at radius 3 is 2.49 bits per heavy atom. The highest BCUT2D eigenvalue weighted by Gasteiger charge is 2.37. The summed E-state index contributed by atoms with van der Waals surface area (Å²) in [6.45, 7) is 0. The van der Waals surface area contributed by atoms with Gasteiger partial charge in [-0.1, -0.05) is 47.7 Å². The smallest absolute Gasteiger partial charge is 0.351 e. The first kappa shape index (κ1) is 25.3. The van der Waals surface area contributed by atoms with E-state index in [2.05, 4.69) is 20.3 Å². The number of thiazole rings is 1. The molecule has 5 aromatic rings. The molecule has 8 nitrogen and oxygen atoms in total. The van der Waals surface area contributed by atoms with Crippen molar-refractivity contribution in [3.63, 3.8) is 0 Å². The van der Waals surface area contributed by atoms with Crippen molar-refractivity contribution < 1.29 is 26.4 Å². The van der Waals surface area contributed by atoms with Crippen molar-refractivity contribution in [2.75, 3.05) is 5.32 Å². The number of alkyl halides is 3. The Labute approximate surface area is 224 Å². The number of amides is 1. The van der Waals surface area contributed by atoms with E-state index in [1.807, 2.05) is 29.0 Å². The number of para-hydroxylation sites is 1. The second kappa shape index (κ2) is 9.35. The molecule has 0 aliphatic carbocycles. The summed E-state index contributed by atoms with van der Waals surface area (Å²) in [6, 6.07) is 17.4. The number of sulfonamides is 1. The van der Waals surface area contributed by atoms with E-state index in [9.17, 15) is 26.4 Å². The summed E-state index contributed by atoms with van der Waals surface area (Å²) >= 11 is 1.44. The average molecular weight is 572 g/mol. The zero-order valence-electron chi connectivity index (χ0n) is 20.0. The van der Waals surface area contributed by atoms with Gasteiger partial charge in [-0.2, -0.15) is 13.2 Å². The summed E-state index contributed by atoms with van der Waals surface area (Å²) in [5.74, 6) is -0.108. The molecule has 2 aromatic heterocycles. The number of imidazole rings is 1. The zero-order valence-corrected chi connectivity index (χ0v) is 21.6. The van der Waals surface area contributed by atoms with E-state index in [-0.39, 0.29) is 11.9 Å². The van der Waals surface area contributed by atoms with E-state index >= 15 is 0 Å². The Kier molecular flexibility index (Phi) is 6.07. The fourth-order valence-corrected chi connectivity index (χ4v) is 6.97. The Morgan fingerprint density at radius 1 is 1.03 bits per heavy atom. The maximum Gasteiger partial charge on any atom is 0.416 e. The molecule has 0 spiro atoms. The van der Waals surface area contributed by atoms with Crippen LogP contribution in [0, 0.1) is 0 Å². The number of carbonyl (C=O) groups excluding carboxylic acids is 1. The molecule has 0 radical (unpaired) electrons. The number of anilines is 1. The third kappa shape index (κ3) is 5.06. The van der Waals surface area contributed by atoms with Gasteiger partial charge >= 0.3 is 6.18 Å². The molecule has 0 bridgehead atoms. The van der Waals surface area contributed by atoms with Gasteiger partial charge in [-0.15, -0.1) is 0 Å². The highest BCUT2D eigenvalue weighted by Crippen LogP contribution is 2.34. The summed E-state index contributed by atoms with van der Waals surface area (Å²) in [5.41, 5.74) is 2.02. The zero-order chi connectivity index (χ0) is 27.4. The minimum Gasteiger partial charge on any atom is -0.351 e. The molecule has 3 heterocycles. The molecule has 1 aliphatic rings. The van der Waals surface area contributed by atoms with Crippen LogP contribution in [0.3, 0.4) is 0 Å². The van der Waals surface area contributed by atoms with E-state index < -0.39 is 39.0 Å². The van der Waals surface area contributed by atoms with Gasteiger partial charge in [0.25, 0.3) is 0 Å². The maximum atomic E-state index is 13.3. The van der Waals surface area contributed by atoms with Crippen LogP contribution < -0.4 is 10.0 Å². The number of H-pyrrole nitrogens is 1. The lowest BCUT2D eigenvalue weighted by Crippen LogP contribution is -2.21. The van der Waals surface area contributed by atoms with Crippen LogP contribution in [0.1, 0.15) is 40.2 Å². The van der Waals surface area contributed by atoms with E-state index in [1.165, 1.54) is 17.4 Å². The van der Waals surface area contributed by atoms with Crippen molar-refractivity contribution in [3.8, 4) is 0 Å². The monoisotopic (exact) mass is 571 g/mol. The van der Waals surface area contributed by atoms with E-state index in [0.29, 0.717) is 28.5 Å². The molecule has 39 heavy (non-hydrogen) atoms. The van der Waals surface area contributed by atoms with Crippen molar-refractivity contribution in [1.82, 2.24) is 19.7 Å². The van der Waals surface area contributed by atoms with Gasteiger partial charge in [-0.05, 0) is 47.9 Å². The van der Waals surface area contributed by atoms with Gasteiger partial charge in [0.1, 0.15) is 11.1 Å². The molecule has 13 heteroatoms. The van der Waals surface area contributed by atoms with Crippen LogP contribution in [0.25, 0.3) is 21.3 Å². The predicted molar refractivity (Wildman–Crippen MR) is 142 cm³/mol. The fraction of sp³-hybridized carbons (Fsp3) is 0.192. The number of nitrogens with zero attached hydrogens (tertiary/aromatic N) is 2. The Hall–Kier alpha value is -3.97. The first-order valence-corrected chi connectivity index (χ1v) is 14.2. The van der Waals surface area contributed by atoms with Gasteiger partial charge in [0.05, 0.1) is 39.3 Å². The Morgan fingerprint density at radius 2 is 1.79 bits per heavy atom. The molecule has 0 saturated carbocycles. The number of fused-ring (bicyclic) bond motifs is 2. The maximum absolute atomic E-state index is 13.3. The lowest BCUT2D eigenvalue weighted by molar-refractivity contribution is -0.137. The van der Waals surface area contributed by atoms with Crippen molar-refractivity contribution in [2.24, 2.45) is 0 Å². The van der Waals surface area contributed by atoms with Gasteiger partial charge in [-0.3, -0.25) is 9.52 Å². The standard InChI is InChI=1S/C26H20F3N5O3S2/c27-26(28,29)16-9-10-17-19(12-16)31-24(30-17)20(33-25-32-18-3-1-2-4-21(18)38-25)11-14-5-7-15(8-6-14)22-13-23(35)34-39(22,36)37/h1-10,12,20,22H,11,13H2,(H,30,31)(H,32,33)(H,34,35)/t20-,22+/m0/s1. The molecule has 1 fully saturated rings. The van der Waals surface area contributed by atoms with Crippen LogP contribution >= 0.6 is 11.3 Å². The predicted octanol–water partition coefficient (Wildman–Crippen LogP) is 5.48. The molecule has 1 saturated heterocycles. The van der Waals surface area contributed by atoms with Crippen LogP contribution in [0.15, 0.2) is 66.7 Å². The number of aromatic nitrogens is 3. The Balaban J connectivity index is 1.33. The minimum atomic E-state index is -4.48. The first-order valence-electron chi connectivity index (χ1n) is 11.9.